The van der Waals surface area contributed by atoms with Gasteiger partial charge in [-0.3, -0.25) is 0 Å². The first kappa shape index (κ1) is 16.2. The summed E-state index contributed by atoms with van der Waals surface area (Å²) in [6.45, 7) is 1.89. The Morgan fingerprint density at radius 1 is 1.00 bits per heavy atom. The molecule has 0 fully saturated rings. The Kier molecular flexibility index (Phi) is 4.96. The summed E-state index contributed by atoms with van der Waals surface area (Å²) in [4.78, 5) is 9.01. The highest BCUT2D eigenvalue weighted by molar-refractivity contribution is 5.85. The van der Waals surface area contributed by atoms with E-state index in [4.69, 9.17) is 10.5 Å². The molecule has 4 nitrogen and oxygen atoms in total. The first-order chi connectivity index (χ1) is 10.2. The molecule has 3 rings (SSSR count). The van der Waals surface area contributed by atoms with E-state index in [2.05, 4.69) is 9.97 Å². The molecule has 0 aliphatic heterocycles. The number of hydrogen-bond acceptors (Lipinski definition) is 4. The van der Waals surface area contributed by atoms with Gasteiger partial charge in [-0.15, -0.1) is 12.4 Å². The molecular weight excluding hydrogens is 298 g/mol. The number of benzene rings is 2. The molecule has 0 aliphatic rings. The van der Waals surface area contributed by atoms with Gasteiger partial charge in [0.05, 0.1) is 24.4 Å². The molecule has 0 spiro atoms. The van der Waals surface area contributed by atoms with E-state index in [1.54, 1.807) is 7.11 Å². The Morgan fingerprint density at radius 3 is 2.36 bits per heavy atom. The van der Waals surface area contributed by atoms with Crippen LogP contribution in [0.1, 0.15) is 23.1 Å². The van der Waals surface area contributed by atoms with Crippen molar-refractivity contribution in [2.24, 2.45) is 5.73 Å². The van der Waals surface area contributed by atoms with Crippen molar-refractivity contribution < 1.29 is 4.74 Å². The molecule has 114 valence electrons. The summed E-state index contributed by atoms with van der Waals surface area (Å²) >= 11 is 0. The van der Waals surface area contributed by atoms with Crippen LogP contribution >= 0.6 is 12.4 Å². The summed E-state index contributed by atoms with van der Waals surface area (Å²) < 4.78 is 5.18. The van der Waals surface area contributed by atoms with Crippen LogP contribution in [0.2, 0.25) is 0 Å². The molecule has 1 atom stereocenters. The van der Waals surface area contributed by atoms with Gasteiger partial charge in [-0.05, 0) is 30.7 Å². The minimum absolute atomic E-state index is 0. The Bertz CT molecular complexity index is 774. The first-order valence-electron chi connectivity index (χ1n) is 6.82. The Balaban J connectivity index is 0.00000176. The van der Waals surface area contributed by atoms with E-state index in [0.29, 0.717) is 0 Å². The maximum atomic E-state index is 6.41. The van der Waals surface area contributed by atoms with E-state index in [1.807, 2.05) is 55.5 Å². The highest BCUT2D eigenvalue weighted by Gasteiger charge is 2.15. The first-order valence-corrected chi connectivity index (χ1v) is 6.82. The molecule has 0 aliphatic carbocycles. The predicted octanol–water partition coefficient (Wildman–Crippen LogP) is 3.42. The number of nitrogens with zero attached hydrogens (tertiary/aromatic N) is 2. The number of fused-ring (bicyclic) bond motifs is 1. The van der Waals surface area contributed by atoms with Gasteiger partial charge in [-0.25, -0.2) is 9.97 Å². The number of rotatable bonds is 3. The third kappa shape index (κ3) is 3.03. The van der Waals surface area contributed by atoms with Crippen molar-refractivity contribution in [3.63, 3.8) is 0 Å². The quantitative estimate of drug-likeness (QED) is 0.804. The number of aromatic nitrogens is 2. The summed E-state index contributed by atoms with van der Waals surface area (Å²) in [7, 11) is 1.65. The molecule has 3 aromatic rings. The van der Waals surface area contributed by atoms with E-state index in [9.17, 15) is 0 Å². The lowest BCUT2D eigenvalue weighted by Crippen LogP contribution is -2.15. The van der Waals surface area contributed by atoms with Crippen molar-refractivity contribution in [2.45, 2.75) is 13.0 Å². The molecule has 0 saturated carbocycles. The van der Waals surface area contributed by atoms with Gasteiger partial charge in [0.15, 0.2) is 0 Å². The van der Waals surface area contributed by atoms with Crippen LogP contribution in [0.25, 0.3) is 10.9 Å². The predicted molar refractivity (Wildman–Crippen MR) is 90.5 cm³/mol. The van der Waals surface area contributed by atoms with Crippen LogP contribution in [0.5, 0.6) is 5.75 Å². The third-order valence-corrected chi connectivity index (χ3v) is 3.51. The van der Waals surface area contributed by atoms with Gasteiger partial charge in [-0.2, -0.15) is 0 Å². The lowest BCUT2D eigenvalue weighted by molar-refractivity contribution is 0.414. The van der Waals surface area contributed by atoms with Gasteiger partial charge in [-0.1, -0.05) is 30.3 Å². The Morgan fingerprint density at radius 2 is 1.68 bits per heavy atom. The fourth-order valence-electron chi connectivity index (χ4n) is 2.43. The van der Waals surface area contributed by atoms with Crippen molar-refractivity contribution in [1.82, 2.24) is 9.97 Å². The lowest BCUT2D eigenvalue weighted by Gasteiger charge is -2.15. The molecule has 0 bridgehead atoms. The molecule has 1 heterocycles. The molecule has 2 aromatic carbocycles. The number of halogens is 1. The second kappa shape index (κ2) is 6.73. The second-order valence-electron chi connectivity index (χ2n) is 4.92. The van der Waals surface area contributed by atoms with Crippen LogP contribution in [0.15, 0.2) is 48.5 Å². The fraction of sp³-hybridized carbons (Fsp3) is 0.176. The number of ether oxygens (including phenoxy) is 1. The van der Waals surface area contributed by atoms with Gasteiger partial charge >= 0.3 is 0 Å². The Labute approximate surface area is 135 Å². The maximum Gasteiger partial charge on any atom is 0.126 e. The van der Waals surface area contributed by atoms with Gasteiger partial charge in [0, 0.05) is 5.39 Å². The number of aryl methyl sites for hydroxylation is 1. The molecule has 2 N–H and O–H groups in total. The SMILES string of the molecule is COc1ccc(C(N)c2nc(C)nc3ccccc23)cc1.Cl. The van der Waals surface area contributed by atoms with Crippen LogP contribution in [-0.2, 0) is 0 Å². The normalized spacial score (nSPS) is 11.8. The van der Waals surface area contributed by atoms with Crippen molar-refractivity contribution in [2.75, 3.05) is 7.11 Å². The van der Waals surface area contributed by atoms with Crippen molar-refractivity contribution in [1.29, 1.82) is 0 Å². The smallest absolute Gasteiger partial charge is 0.126 e. The molecule has 0 radical (unpaired) electrons. The third-order valence-electron chi connectivity index (χ3n) is 3.51. The average molecular weight is 316 g/mol. The second-order valence-corrected chi connectivity index (χ2v) is 4.92. The number of nitrogens with two attached hydrogens (primary N) is 1. The van der Waals surface area contributed by atoms with Gasteiger partial charge in [0.25, 0.3) is 0 Å². The Hall–Kier alpha value is -2.17. The van der Waals surface area contributed by atoms with Gasteiger partial charge < -0.3 is 10.5 Å². The highest BCUT2D eigenvalue weighted by Crippen LogP contribution is 2.26. The highest BCUT2D eigenvalue weighted by atomic mass is 35.5. The van der Waals surface area contributed by atoms with Crippen molar-refractivity contribution in [3.8, 4) is 5.75 Å². The zero-order valence-electron chi connectivity index (χ0n) is 12.5. The number of hydrogen-bond donors (Lipinski definition) is 1. The van der Waals surface area contributed by atoms with Crippen LogP contribution in [0.3, 0.4) is 0 Å². The van der Waals surface area contributed by atoms with E-state index in [-0.39, 0.29) is 18.4 Å². The minimum atomic E-state index is -0.289. The number of para-hydroxylation sites is 1. The summed E-state index contributed by atoms with van der Waals surface area (Å²) in [5, 5.41) is 0.992. The molecule has 0 amide bonds. The topological polar surface area (TPSA) is 61.0 Å². The summed E-state index contributed by atoms with van der Waals surface area (Å²) in [6.07, 6.45) is 0. The molecule has 1 aromatic heterocycles. The van der Waals surface area contributed by atoms with Crippen LogP contribution in [0.4, 0.5) is 0 Å². The number of methoxy groups -OCH3 is 1. The zero-order valence-corrected chi connectivity index (χ0v) is 13.3. The van der Waals surface area contributed by atoms with Crippen molar-refractivity contribution >= 4 is 23.3 Å². The monoisotopic (exact) mass is 315 g/mol. The minimum Gasteiger partial charge on any atom is -0.497 e. The van der Waals surface area contributed by atoms with E-state index in [1.165, 1.54) is 0 Å². The summed E-state index contributed by atoms with van der Waals surface area (Å²) in [5.74, 6) is 1.54. The summed E-state index contributed by atoms with van der Waals surface area (Å²) in [6, 6.07) is 15.4. The summed E-state index contributed by atoms with van der Waals surface area (Å²) in [5.41, 5.74) is 9.18. The largest absolute Gasteiger partial charge is 0.497 e. The lowest BCUT2D eigenvalue weighted by atomic mass is 10.0. The van der Waals surface area contributed by atoms with Crippen LogP contribution in [0, 0.1) is 6.92 Å². The van der Waals surface area contributed by atoms with Crippen LogP contribution < -0.4 is 10.5 Å². The fourth-order valence-corrected chi connectivity index (χ4v) is 2.43. The molecule has 1 unspecified atom stereocenters. The van der Waals surface area contributed by atoms with E-state index in [0.717, 1.165) is 33.7 Å². The standard InChI is InChI=1S/C17H17N3O.ClH/c1-11-19-15-6-4-3-5-14(15)17(20-11)16(18)12-7-9-13(21-2)10-8-12;/h3-10,16H,18H2,1-2H3;1H. The van der Waals surface area contributed by atoms with Gasteiger partial charge in [0.2, 0.25) is 0 Å². The molecule has 5 heteroatoms. The maximum absolute atomic E-state index is 6.41. The molecule has 22 heavy (non-hydrogen) atoms. The average Bonchev–Trinajstić information content (AvgIpc) is 2.53. The van der Waals surface area contributed by atoms with E-state index < -0.39 is 0 Å². The van der Waals surface area contributed by atoms with Crippen molar-refractivity contribution in [3.05, 3.63) is 65.6 Å². The molecular formula is C17H18ClN3O. The van der Waals surface area contributed by atoms with Gasteiger partial charge in [0.1, 0.15) is 11.6 Å². The zero-order chi connectivity index (χ0) is 14.8. The molecule has 0 saturated heterocycles. The van der Waals surface area contributed by atoms with E-state index >= 15 is 0 Å². The van der Waals surface area contributed by atoms with Crippen LogP contribution in [-0.4, -0.2) is 17.1 Å².